The topological polar surface area (TPSA) is 83.7 Å². The Hall–Kier alpha value is -2.19. The van der Waals surface area contributed by atoms with Gasteiger partial charge in [0.2, 0.25) is 5.91 Å². The summed E-state index contributed by atoms with van der Waals surface area (Å²) in [6.07, 6.45) is -0.00381. The van der Waals surface area contributed by atoms with Gasteiger partial charge in [0.1, 0.15) is 0 Å². The first-order valence-electron chi connectivity index (χ1n) is 9.42. The van der Waals surface area contributed by atoms with Crippen LogP contribution in [0.5, 0.6) is 0 Å². The van der Waals surface area contributed by atoms with Crippen molar-refractivity contribution in [2.75, 3.05) is 39.0 Å². The van der Waals surface area contributed by atoms with Crippen LogP contribution in [-0.2, 0) is 14.6 Å². The second-order valence-corrected chi connectivity index (χ2v) is 9.53. The van der Waals surface area contributed by atoms with E-state index < -0.39 is 9.84 Å². The molecule has 0 aliphatic carbocycles. The van der Waals surface area contributed by atoms with E-state index in [1.54, 1.807) is 24.0 Å². The van der Waals surface area contributed by atoms with Crippen molar-refractivity contribution in [3.05, 3.63) is 35.0 Å². The lowest BCUT2D eigenvalue weighted by Crippen LogP contribution is -2.47. The predicted molar refractivity (Wildman–Crippen MR) is 107 cm³/mol. The van der Waals surface area contributed by atoms with Crippen molar-refractivity contribution in [3.8, 4) is 11.3 Å². The summed E-state index contributed by atoms with van der Waals surface area (Å²) < 4.78 is 31.2. The van der Waals surface area contributed by atoms with Crippen LogP contribution in [-0.4, -0.2) is 68.3 Å². The zero-order valence-corrected chi connectivity index (χ0v) is 17.7. The number of carbonyl (C=O) groups is 1. The molecule has 0 bridgehead atoms. The third-order valence-electron chi connectivity index (χ3n) is 5.38. The normalized spacial score (nSPS) is 15.8. The Kier molecular flexibility index (Phi) is 5.90. The number of nitrogens with zero attached hydrogens (tertiary/aromatic N) is 3. The Bertz CT molecular complexity index is 973. The second kappa shape index (κ2) is 8.05. The summed E-state index contributed by atoms with van der Waals surface area (Å²) in [6, 6.07) is 5.22. The summed E-state index contributed by atoms with van der Waals surface area (Å²) >= 11 is 0. The standard InChI is InChI=1S/C20H27N3O4S/c1-14-5-6-17(20-15(2)16(3)21-27-20)13-18(14)28(25,26)12-7-19(24)23-10-8-22(4)9-11-23/h5-6,13H,7-12H2,1-4H3. The van der Waals surface area contributed by atoms with Gasteiger partial charge in [0, 0.05) is 43.7 Å². The maximum absolute atomic E-state index is 12.9. The van der Waals surface area contributed by atoms with E-state index in [9.17, 15) is 13.2 Å². The number of aryl methyl sites for hydroxylation is 2. The number of aromatic nitrogens is 1. The van der Waals surface area contributed by atoms with E-state index in [4.69, 9.17) is 4.52 Å². The van der Waals surface area contributed by atoms with Gasteiger partial charge in [-0.1, -0.05) is 17.3 Å². The van der Waals surface area contributed by atoms with Gasteiger partial charge < -0.3 is 14.3 Å². The summed E-state index contributed by atoms with van der Waals surface area (Å²) in [5.74, 6) is 0.270. The van der Waals surface area contributed by atoms with Gasteiger partial charge in [0.25, 0.3) is 0 Å². The fourth-order valence-corrected chi connectivity index (χ4v) is 4.83. The van der Waals surface area contributed by atoms with Gasteiger partial charge in [-0.25, -0.2) is 8.42 Å². The molecule has 0 unspecified atom stereocenters. The summed E-state index contributed by atoms with van der Waals surface area (Å²) in [6.45, 7) is 8.42. The summed E-state index contributed by atoms with van der Waals surface area (Å²) in [7, 11) is -1.58. The number of rotatable bonds is 5. The van der Waals surface area contributed by atoms with Crippen LogP contribution in [0, 0.1) is 20.8 Å². The van der Waals surface area contributed by atoms with Crippen LogP contribution < -0.4 is 0 Å². The van der Waals surface area contributed by atoms with Gasteiger partial charge in [0.05, 0.1) is 16.3 Å². The second-order valence-electron chi connectivity index (χ2n) is 7.46. The largest absolute Gasteiger partial charge is 0.356 e. The molecule has 2 aromatic rings. The molecule has 152 valence electrons. The lowest BCUT2D eigenvalue weighted by atomic mass is 10.1. The highest BCUT2D eigenvalue weighted by Gasteiger charge is 2.24. The first-order chi connectivity index (χ1) is 13.2. The van der Waals surface area contributed by atoms with Crippen molar-refractivity contribution in [1.82, 2.24) is 15.0 Å². The van der Waals surface area contributed by atoms with E-state index in [2.05, 4.69) is 10.1 Å². The molecule has 0 saturated carbocycles. The van der Waals surface area contributed by atoms with Crippen molar-refractivity contribution in [2.24, 2.45) is 0 Å². The fraction of sp³-hybridized carbons (Fsp3) is 0.500. The molecular weight excluding hydrogens is 378 g/mol. The van der Waals surface area contributed by atoms with Gasteiger partial charge in [0.15, 0.2) is 15.6 Å². The Labute approximate surface area is 166 Å². The van der Waals surface area contributed by atoms with Gasteiger partial charge in [-0.3, -0.25) is 4.79 Å². The molecule has 8 heteroatoms. The summed E-state index contributed by atoms with van der Waals surface area (Å²) in [5, 5.41) is 3.95. The predicted octanol–water partition coefficient (Wildman–Crippen LogP) is 2.20. The van der Waals surface area contributed by atoms with Crippen molar-refractivity contribution in [2.45, 2.75) is 32.1 Å². The summed E-state index contributed by atoms with van der Waals surface area (Å²) in [4.78, 5) is 16.6. The van der Waals surface area contributed by atoms with Gasteiger partial charge in [-0.15, -0.1) is 0 Å². The zero-order chi connectivity index (χ0) is 20.5. The van der Waals surface area contributed by atoms with E-state index in [1.807, 2.05) is 27.0 Å². The molecule has 7 nitrogen and oxygen atoms in total. The SMILES string of the molecule is Cc1ccc(-c2onc(C)c2C)cc1S(=O)(=O)CCC(=O)N1CCN(C)CC1. The van der Waals surface area contributed by atoms with Crippen LogP contribution in [0.25, 0.3) is 11.3 Å². The first kappa shape index (κ1) is 20.5. The highest BCUT2D eigenvalue weighted by Crippen LogP contribution is 2.29. The molecule has 28 heavy (non-hydrogen) atoms. The van der Waals surface area contributed by atoms with E-state index in [0.29, 0.717) is 30.0 Å². The molecule has 0 radical (unpaired) electrons. The zero-order valence-electron chi connectivity index (χ0n) is 16.9. The Morgan fingerprint density at radius 3 is 2.43 bits per heavy atom. The van der Waals surface area contributed by atoms with Crippen LogP contribution in [0.15, 0.2) is 27.6 Å². The van der Waals surface area contributed by atoms with Crippen LogP contribution >= 0.6 is 0 Å². The Morgan fingerprint density at radius 1 is 1.14 bits per heavy atom. The van der Waals surface area contributed by atoms with E-state index >= 15 is 0 Å². The number of carbonyl (C=O) groups excluding carboxylic acids is 1. The number of sulfone groups is 1. The number of likely N-dealkylation sites (N-methyl/N-ethyl adjacent to an activating group) is 1. The minimum Gasteiger partial charge on any atom is -0.356 e. The molecular formula is C20H27N3O4S. The number of piperazine rings is 1. The molecule has 0 N–H and O–H groups in total. The maximum Gasteiger partial charge on any atom is 0.223 e. The third-order valence-corrected chi connectivity index (χ3v) is 7.23. The molecule has 1 aromatic heterocycles. The lowest BCUT2D eigenvalue weighted by molar-refractivity contribution is -0.132. The van der Waals surface area contributed by atoms with Crippen molar-refractivity contribution >= 4 is 15.7 Å². The van der Waals surface area contributed by atoms with E-state index in [1.165, 1.54) is 0 Å². The molecule has 2 heterocycles. The van der Waals surface area contributed by atoms with Crippen LogP contribution in [0.4, 0.5) is 0 Å². The van der Waals surface area contributed by atoms with E-state index in [-0.39, 0.29) is 23.0 Å². The first-order valence-corrected chi connectivity index (χ1v) is 11.1. The lowest BCUT2D eigenvalue weighted by Gasteiger charge is -2.32. The van der Waals surface area contributed by atoms with Crippen LogP contribution in [0.3, 0.4) is 0 Å². The molecule has 1 aliphatic heterocycles. The van der Waals surface area contributed by atoms with E-state index in [0.717, 1.165) is 24.3 Å². The summed E-state index contributed by atoms with van der Waals surface area (Å²) in [5.41, 5.74) is 2.99. The fourth-order valence-electron chi connectivity index (χ4n) is 3.31. The highest BCUT2D eigenvalue weighted by atomic mass is 32.2. The van der Waals surface area contributed by atoms with Crippen LogP contribution in [0.2, 0.25) is 0 Å². The van der Waals surface area contributed by atoms with Gasteiger partial charge in [-0.2, -0.15) is 0 Å². The van der Waals surface area contributed by atoms with Crippen molar-refractivity contribution in [3.63, 3.8) is 0 Å². The molecule has 0 atom stereocenters. The Morgan fingerprint density at radius 2 is 1.82 bits per heavy atom. The maximum atomic E-state index is 12.9. The molecule has 1 amide bonds. The number of hydrogen-bond donors (Lipinski definition) is 0. The minimum atomic E-state index is -3.59. The minimum absolute atomic E-state index is 0.00381. The average molecular weight is 406 g/mol. The smallest absolute Gasteiger partial charge is 0.223 e. The molecule has 1 aliphatic rings. The number of benzene rings is 1. The average Bonchev–Trinajstić information content (AvgIpc) is 3.00. The molecule has 3 rings (SSSR count). The molecule has 0 spiro atoms. The monoisotopic (exact) mass is 405 g/mol. The molecule has 1 aromatic carbocycles. The number of hydrogen-bond acceptors (Lipinski definition) is 6. The third kappa shape index (κ3) is 4.28. The van der Waals surface area contributed by atoms with Crippen molar-refractivity contribution in [1.29, 1.82) is 0 Å². The quantitative estimate of drug-likeness (QED) is 0.758. The number of amides is 1. The highest BCUT2D eigenvalue weighted by molar-refractivity contribution is 7.91. The Balaban J connectivity index is 1.77. The molecule has 1 fully saturated rings. The van der Waals surface area contributed by atoms with Gasteiger partial charge in [-0.05, 0) is 39.4 Å². The van der Waals surface area contributed by atoms with Crippen LogP contribution in [0.1, 0.15) is 23.2 Å². The van der Waals surface area contributed by atoms with Crippen molar-refractivity contribution < 1.29 is 17.7 Å². The van der Waals surface area contributed by atoms with Gasteiger partial charge >= 0.3 is 0 Å². The molecule has 1 saturated heterocycles.